The number of hydrogen-bond donors (Lipinski definition) is 0. The summed E-state index contributed by atoms with van der Waals surface area (Å²) in [4.78, 5) is 13.5. The molecule has 3 nitrogen and oxygen atoms in total. The maximum Gasteiger partial charge on any atom is 0.302 e. The molecular formula is C20H39NO2. The van der Waals surface area contributed by atoms with Crippen molar-refractivity contribution in [2.75, 3.05) is 19.6 Å². The highest BCUT2D eigenvalue weighted by Gasteiger charge is 2.20. The Hall–Kier alpha value is -0.570. The summed E-state index contributed by atoms with van der Waals surface area (Å²) in [5.74, 6) is -0.131. The van der Waals surface area contributed by atoms with Crippen LogP contribution in [0, 0.1) is 0 Å². The molecule has 0 spiro atoms. The fourth-order valence-corrected chi connectivity index (χ4v) is 3.49. The average Bonchev–Trinajstić information content (AvgIpc) is 2.53. The number of unbranched alkanes of at least 4 members (excludes halogenated alkanes) is 10. The van der Waals surface area contributed by atoms with Crippen LogP contribution in [0.1, 0.15) is 97.3 Å². The second-order valence-corrected chi connectivity index (χ2v) is 7.19. The molecule has 0 unspecified atom stereocenters. The molecule has 0 saturated carbocycles. The second-order valence-electron chi connectivity index (χ2n) is 7.19. The predicted molar refractivity (Wildman–Crippen MR) is 97.7 cm³/mol. The molecule has 0 bridgehead atoms. The van der Waals surface area contributed by atoms with Crippen LogP contribution in [0.4, 0.5) is 0 Å². The van der Waals surface area contributed by atoms with Crippen LogP contribution in [0.2, 0.25) is 0 Å². The highest BCUT2D eigenvalue weighted by molar-refractivity contribution is 5.66. The third-order valence-corrected chi connectivity index (χ3v) is 4.95. The van der Waals surface area contributed by atoms with Crippen molar-refractivity contribution >= 4 is 5.97 Å². The van der Waals surface area contributed by atoms with Gasteiger partial charge in [0.25, 0.3) is 0 Å². The van der Waals surface area contributed by atoms with Gasteiger partial charge in [-0.3, -0.25) is 4.79 Å². The number of piperidine rings is 1. The number of nitrogens with zero attached hydrogens (tertiary/aromatic N) is 1. The molecule has 0 aliphatic carbocycles. The van der Waals surface area contributed by atoms with Gasteiger partial charge in [0.05, 0.1) is 0 Å². The normalized spacial score (nSPS) is 16.6. The van der Waals surface area contributed by atoms with Gasteiger partial charge in [-0.2, -0.15) is 0 Å². The molecule has 1 saturated heterocycles. The molecule has 0 N–H and O–H groups in total. The average molecular weight is 326 g/mol. The van der Waals surface area contributed by atoms with Crippen molar-refractivity contribution in [3.63, 3.8) is 0 Å². The molecule has 0 amide bonds. The van der Waals surface area contributed by atoms with E-state index in [2.05, 4.69) is 11.8 Å². The first-order valence-electron chi connectivity index (χ1n) is 10.1. The van der Waals surface area contributed by atoms with Crippen molar-refractivity contribution in [2.24, 2.45) is 0 Å². The van der Waals surface area contributed by atoms with E-state index in [4.69, 9.17) is 4.74 Å². The Morgan fingerprint density at radius 3 is 1.83 bits per heavy atom. The Bertz CT molecular complexity index is 285. The maximum absolute atomic E-state index is 10.9. The molecule has 0 aromatic rings. The minimum Gasteiger partial charge on any atom is -0.462 e. The first-order chi connectivity index (χ1) is 11.2. The van der Waals surface area contributed by atoms with Crippen LogP contribution in [0.25, 0.3) is 0 Å². The lowest BCUT2D eigenvalue weighted by Gasteiger charge is -2.31. The zero-order chi connectivity index (χ0) is 16.8. The molecule has 1 aliphatic heterocycles. The van der Waals surface area contributed by atoms with Crippen LogP contribution in [-0.4, -0.2) is 36.6 Å². The molecular weight excluding hydrogens is 286 g/mol. The van der Waals surface area contributed by atoms with Crippen LogP contribution in [-0.2, 0) is 9.53 Å². The van der Waals surface area contributed by atoms with E-state index in [0.29, 0.717) is 0 Å². The zero-order valence-corrected chi connectivity index (χ0v) is 15.7. The molecule has 3 heteroatoms. The summed E-state index contributed by atoms with van der Waals surface area (Å²) < 4.78 is 5.29. The van der Waals surface area contributed by atoms with Crippen molar-refractivity contribution in [1.82, 2.24) is 4.90 Å². The summed E-state index contributed by atoms with van der Waals surface area (Å²) >= 11 is 0. The Kier molecular flexibility index (Phi) is 12.3. The van der Waals surface area contributed by atoms with Crippen molar-refractivity contribution in [3.8, 4) is 0 Å². The number of ether oxygens (including phenoxy) is 1. The second kappa shape index (κ2) is 13.8. The van der Waals surface area contributed by atoms with E-state index in [1.165, 1.54) is 84.1 Å². The minimum absolute atomic E-state index is 0.131. The number of esters is 1. The highest BCUT2D eigenvalue weighted by Crippen LogP contribution is 2.15. The van der Waals surface area contributed by atoms with E-state index < -0.39 is 0 Å². The lowest BCUT2D eigenvalue weighted by Crippen LogP contribution is -2.38. The van der Waals surface area contributed by atoms with E-state index in [1.807, 2.05) is 0 Å². The van der Waals surface area contributed by atoms with Crippen LogP contribution < -0.4 is 0 Å². The Morgan fingerprint density at radius 2 is 1.35 bits per heavy atom. The molecule has 1 heterocycles. The van der Waals surface area contributed by atoms with Crippen LogP contribution in [0.15, 0.2) is 0 Å². The minimum atomic E-state index is -0.131. The van der Waals surface area contributed by atoms with Gasteiger partial charge in [0.15, 0.2) is 0 Å². The SMILES string of the molecule is CCCCCCCCCCCCCN1CCC(OC(C)=O)CC1. The Morgan fingerprint density at radius 1 is 0.870 bits per heavy atom. The van der Waals surface area contributed by atoms with E-state index >= 15 is 0 Å². The van der Waals surface area contributed by atoms with Crippen molar-refractivity contribution in [3.05, 3.63) is 0 Å². The number of rotatable bonds is 13. The third-order valence-electron chi connectivity index (χ3n) is 4.95. The summed E-state index contributed by atoms with van der Waals surface area (Å²) in [5, 5.41) is 0. The molecule has 1 rings (SSSR count). The summed E-state index contributed by atoms with van der Waals surface area (Å²) in [6.45, 7) is 7.20. The topological polar surface area (TPSA) is 29.5 Å². The standard InChI is InChI=1S/C20H39NO2/c1-3-4-5-6-7-8-9-10-11-12-13-16-21-17-14-20(15-18-21)23-19(2)22/h20H,3-18H2,1-2H3. The largest absolute Gasteiger partial charge is 0.462 e. The van der Waals surface area contributed by atoms with E-state index in [0.717, 1.165) is 25.9 Å². The van der Waals surface area contributed by atoms with E-state index in [-0.39, 0.29) is 12.1 Å². The van der Waals surface area contributed by atoms with Gasteiger partial charge in [-0.25, -0.2) is 0 Å². The highest BCUT2D eigenvalue weighted by atomic mass is 16.5. The molecule has 0 aromatic carbocycles. The van der Waals surface area contributed by atoms with E-state index in [1.54, 1.807) is 0 Å². The first-order valence-corrected chi connectivity index (χ1v) is 10.1. The molecule has 0 aromatic heterocycles. The van der Waals surface area contributed by atoms with Crippen molar-refractivity contribution < 1.29 is 9.53 Å². The first kappa shape index (κ1) is 20.5. The predicted octanol–water partition coefficient (Wildman–Crippen LogP) is 5.32. The molecule has 1 aliphatic rings. The third kappa shape index (κ3) is 11.6. The monoisotopic (exact) mass is 325 g/mol. The molecule has 136 valence electrons. The number of carbonyl (C=O) groups excluding carboxylic acids is 1. The van der Waals surface area contributed by atoms with Crippen molar-refractivity contribution in [1.29, 1.82) is 0 Å². The fraction of sp³-hybridized carbons (Fsp3) is 0.950. The van der Waals surface area contributed by atoms with Gasteiger partial charge in [0, 0.05) is 20.0 Å². The lowest BCUT2D eigenvalue weighted by atomic mass is 10.0. The van der Waals surface area contributed by atoms with Crippen LogP contribution >= 0.6 is 0 Å². The van der Waals surface area contributed by atoms with Gasteiger partial charge in [-0.05, 0) is 25.8 Å². The Balaban J connectivity index is 1.82. The van der Waals surface area contributed by atoms with Crippen LogP contribution in [0.5, 0.6) is 0 Å². The molecule has 1 fully saturated rings. The number of likely N-dealkylation sites (tertiary alicyclic amines) is 1. The molecule has 0 atom stereocenters. The summed E-state index contributed by atoms with van der Waals surface area (Å²) in [5.41, 5.74) is 0. The summed E-state index contributed by atoms with van der Waals surface area (Å²) in [6, 6.07) is 0. The molecule has 0 radical (unpaired) electrons. The fourth-order valence-electron chi connectivity index (χ4n) is 3.49. The van der Waals surface area contributed by atoms with Crippen LogP contribution in [0.3, 0.4) is 0 Å². The smallest absolute Gasteiger partial charge is 0.302 e. The quantitative estimate of drug-likeness (QED) is 0.339. The summed E-state index contributed by atoms with van der Waals surface area (Å²) in [6.07, 6.45) is 17.7. The van der Waals surface area contributed by atoms with E-state index in [9.17, 15) is 4.79 Å². The van der Waals surface area contributed by atoms with Gasteiger partial charge in [0.2, 0.25) is 0 Å². The van der Waals surface area contributed by atoms with Gasteiger partial charge >= 0.3 is 5.97 Å². The summed E-state index contributed by atoms with van der Waals surface area (Å²) in [7, 11) is 0. The van der Waals surface area contributed by atoms with Gasteiger partial charge in [0.1, 0.15) is 6.10 Å². The number of carbonyl (C=O) groups is 1. The van der Waals surface area contributed by atoms with Gasteiger partial charge in [-0.1, -0.05) is 71.1 Å². The lowest BCUT2D eigenvalue weighted by molar-refractivity contribution is -0.148. The van der Waals surface area contributed by atoms with Gasteiger partial charge < -0.3 is 9.64 Å². The number of hydrogen-bond acceptors (Lipinski definition) is 3. The maximum atomic E-state index is 10.9. The Labute approximate surface area is 144 Å². The zero-order valence-electron chi connectivity index (χ0n) is 15.7. The van der Waals surface area contributed by atoms with Crippen molar-refractivity contribution in [2.45, 2.75) is 103 Å². The molecule has 23 heavy (non-hydrogen) atoms. The van der Waals surface area contributed by atoms with Gasteiger partial charge in [-0.15, -0.1) is 0 Å².